The van der Waals surface area contributed by atoms with Crippen LogP contribution in [0.25, 0.3) is 0 Å². The fourth-order valence-electron chi connectivity index (χ4n) is 6.36. The van der Waals surface area contributed by atoms with Crippen molar-refractivity contribution in [2.24, 2.45) is 5.73 Å². The van der Waals surface area contributed by atoms with E-state index in [4.69, 9.17) is 15.6 Å². The van der Waals surface area contributed by atoms with Gasteiger partial charge in [0.15, 0.2) is 0 Å². The smallest absolute Gasteiger partial charge is 0.335 e. The minimum atomic E-state index is -1.76. The lowest BCUT2D eigenvalue weighted by molar-refractivity contribution is -0.142. The molecular formula is C44H69N9O19. The summed E-state index contributed by atoms with van der Waals surface area (Å²) in [5, 5.41) is 83.8. The van der Waals surface area contributed by atoms with Crippen LogP contribution in [-0.4, -0.2) is 190 Å². The van der Waals surface area contributed by atoms with Gasteiger partial charge in [0.2, 0.25) is 47.3 Å². The maximum atomic E-state index is 12.8. The SMILES string of the molecule is NCCCC[C@H](NC(=O)CNC(=O)[C@H](CO)NC(=O)[C@H](CO)NC(=O)CNC(=O)[C@H](CO)NC(=O)[C@H](CO)NC(=O)CC[C@H](NC(=O)CCCCCCCCCOc1ccc(C(=O)O)cc1)C(=O)O)C(=O)O. The lowest BCUT2D eigenvalue weighted by Gasteiger charge is -2.22. The second kappa shape index (κ2) is 36.0. The van der Waals surface area contributed by atoms with Crippen LogP contribution in [0.1, 0.15) is 93.8 Å². The van der Waals surface area contributed by atoms with Gasteiger partial charge in [0.1, 0.15) is 42.0 Å². The average molecular weight is 1030 g/mol. The zero-order valence-corrected chi connectivity index (χ0v) is 39.7. The summed E-state index contributed by atoms with van der Waals surface area (Å²) in [4.78, 5) is 135. The van der Waals surface area contributed by atoms with Gasteiger partial charge in [-0.05, 0) is 69.3 Å². The van der Waals surface area contributed by atoms with Gasteiger partial charge in [0.05, 0.1) is 51.7 Å². The first-order valence-corrected chi connectivity index (χ1v) is 23.2. The largest absolute Gasteiger partial charge is 0.494 e. The number of carboxylic acid groups (broad SMARTS) is 3. The molecule has 0 saturated heterocycles. The van der Waals surface area contributed by atoms with E-state index in [1.54, 1.807) is 12.1 Å². The van der Waals surface area contributed by atoms with Crippen LogP contribution in [0.3, 0.4) is 0 Å². The number of unbranched alkanes of at least 4 members (excludes halogenated alkanes) is 7. The van der Waals surface area contributed by atoms with E-state index in [-0.39, 0.29) is 18.4 Å². The number of aromatic carboxylic acids is 1. The van der Waals surface area contributed by atoms with E-state index in [1.807, 2.05) is 10.6 Å². The van der Waals surface area contributed by atoms with Crippen LogP contribution in [0.4, 0.5) is 0 Å². The Bertz CT molecular complexity index is 1940. The topological polar surface area (TPSA) is 461 Å². The summed E-state index contributed by atoms with van der Waals surface area (Å²) in [5.41, 5.74) is 5.56. The van der Waals surface area contributed by atoms with Crippen molar-refractivity contribution < 1.29 is 93.2 Å². The summed E-state index contributed by atoms with van der Waals surface area (Å²) in [5.74, 6) is -11.3. The number of amides is 8. The lowest BCUT2D eigenvalue weighted by Crippen LogP contribution is -2.58. The molecule has 1 rings (SSSR count). The van der Waals surface area contributed by atoms with Crippen LogP contribution in [0.15, 0.2) is 24.3 Å². The molecule has 0 aliphatic rings. The number of hydrogen-bond acceptors (Lipinski definition) is 17. The second-order valence-electron chi connectivity index (χ2n) is 16.2. The quantitative estimate of drug-likeness (QED) is 0.0275. The molecule has 0 aliphatic heterocycles. The Hall–Kier alpha value is -7.01. The zero-order valence-electron chi connectivity index (χ0n) is 39.7. The van der Waals surface area contributed by atoms with E-state index >= 15 is 0 Å². The number of hydrogen-bond donors (Lipinski definition) is 16. The van der Waals surface area contributed by atoms with Gasteiger partial charge in [0.25, 0.3) is 0 Å². The predicted molar refractivity (Wildman–Crippen MR) is 249 cm³/mol. The van der Waals surface area contributed by atoms with Crippen molar-refractivity contribution >= 4 is 65.2 Å². The van der Waals surface area contributed by atoms with Crippen molar-refractivity contribution in [2.75, 3.05) is 52.7 Å². The summed E-state index contributed by atoms with van der Waals surface area (Å²) in [6.07, 6.45) is 5.71. The first-order valence-electron chi connectivity index (χ1n) is 23.2. The lowest BCUT2D eigenvalue weighted by atomic mass is 10.1. The normalized spacial score (nSPS) is 13.3. The average Bonchev–Trinajstić information content (AvgIpc) is 3.35. The van der Waals surface area contributed by atoms with Gasteiger partial charge in [-0.25, -0.2) is 14.4 Å². The molecule has 1 aromatic carbocycles. The molecule has 6 atom stereocenters. The highest BCUT2D eigenvalue weighted by atomic mass is 16.5. The number of aliphatic hydroxyl groups is 4. The zero-order chi connectivity index (χ0) is 54.0. The molecule has 8 amide bonds. The first kappa shape index (κ1) is 63.0. The third-order valence-corrected chi connectivity index (χ3v) is 10.4. The van der Waals surface area contributed by atoms with Gasteiger partial charge in [-0.15, -0.1) is 0 Å². The number of carboxylic acids is 3. The Balaban J connectivity index is 2.48. The minimum absolute atomic E-state index is 0.0402. The van der Waals surface area contributed by atoms with E-state index in [0.29, 0.717) is 44.6 Å². The Morgan fingerprint density at radius 3 is 1.31 bits per heavy atom. The molecule has 404 valence electrons. The molecule has 28 heteroatoms. The number of ether oxygens (including phenoxy) is 1. The Morgan fingerprint density at radius 1 is 0.444 bits per heavy atom. The van der Waals surface area contributed by atoms with Crippen molar-refractivity contribution in [3.8, 4) is 5.75 Å². The molecule has 0 aromatic heterocycles. The second-order valence-corrected chi connectivity index (χ2v) is 16.2. The Kier molecular flexibility index (Phi) is 31.5. The summed E-state index contributed by atoms with van der Waals surface area (Å²) >= 11 is 0. The summed E-state index contributed by atoms with van der Waals surface area (Å²) in [6, 6.07) is -3.53. The first-order chi connectivity index (χ1) is 34.3. The molecule has 72 heavy (non-hydrogen) atoms. The number of aliphatic hydroxyl groups excluding tert-OH is 4. The number of carbonyl (C=O) groups excluding carboxylic acids is 8. The van der Waals surface area contributed by atoms with Gasteiger partial charge in [0, 0.05) is 12.8 Å². The van der Waals surface area contributed by atoms with Crippen molar-refractivity contribution in [1.29, 1.82) is 0 Å². The predicted octanol–water partition coefficient (Wildman–Crippen LogP) is -4.93. The molecule has 0 fully saturated rings. The van der Waals surface area contributed by atoms with Crippen molar-refractivity contribution in [3.63, 3.8) is 0 Å². The number of benzene rings is 1. The number of rotatable bonds is 39. The molecule has 28 nitrogen and oxygen atoms in total. The van der Waals surface area contributed by atoms with Crippen LogP contribution in [0, 0.1) is 0 Å². The third-order valence-electron chi connectivity index (χ3n) is 10.4. The van der Waals surface area contributed by atoms with Crippen LogP contribution >= 0.6 is 0 Å². The molecule has 0 unspecified atom stereocenters. The molecule has 0 saturated carbocycles. The summed E-state index contributed by atoms with van der Waals surface area (Å²) in [7, 11) is 0. The Labute approximate surface area is 413 Å². The minimum Gasteiger partial charge on any atom is -0.494 e. The third kappa shape index (κ3) is 26.3. The maximum absolute atomic E-state index is 12.8. The summed E-state index contributed by atoms with van der Waals surface area (Å²) < 4.78 is 5.61. The van der Waals surface area contributed by atoms with Crippen LogP contribution < -0.4 is 53.0 Å². The van der Waals surface area contributed by atoms with E-state index in [9.17, 15) is 83.4 Å². The van der Waals surface area contributed by atoms with Gasteiger partial charge < -0.3 is 88.8 Å². The molecule has 0 heterocycles. The fraction of sp³-hybridized carbons (Fsp3) is 0.614. The molecule has 0 radical (unpaired) electrons. The van der Waals surface area contributed by atoms with Crippen LogP contribution in [0.5, 0.6) is 5.75 Å². The Morgan fingerprint density at radius 2 is 0.847 bits per heavy atom. The highest BCUT2D eigenvalue weighted by molar-refractivity contribution is 5.96. The standard InChI is InChI=1S/C44H69N9O19/c45-18-8-7-10-28(43(68)69)49-36(60)20-46-38(62)31(23-55)53-41(65)33(25-57)51-37(61)21-47-39(63)30(22-54)52-40(64)32(24-56)50-35(59)17-16-29(44(70)71)48-34(58)11-6-4-2-1-3-5-9-19-72-27-14-12-26(13-15-27)42(66)67/h12-15,28-33,54-57H,1-11,16-25,45H2,(H,46,62)(H,47,63)(H,48,58)(H,49,60)(H,50,59)(H,51,61)(H,52,64)(H,53,65)(H,66,67)(H,68,69)(H,70,71)/t28-,29-,30-,31-,32-,33-/m0/s1. The van der Waals surface area contributed by atoms with Crippen molar-refractivity contribution in [2.45, 2.75) is 120 Å². The van der Waals surface area contributed by atoms with Gasteiger partial charge in [-0.2, -0.15) is 0 Å². The molecular weight excluding hydrogens is 959 g/mol. The van der Waals surface area contributed by atoms with Crippen LogP contribution in [-0.2, 0) is 47.9 Å². The van der Waals surface area contributed by atoms with Gasteiger partial charge in [-0.1, -0.05) is 32.1 Å². The number of nitrogens with two attached hydrogens (primary N) is 1. The van der Waals surface area contributed by atoms with E-state index in [1.165, 1.54) is 12.1 Å². The van der Waals surface area contributed by atoms with Crippen molar-refractivity contribution in [3.05, 3.63) is 29.8 Å². The molecule has 0 spiro atoms. The highest BCUT2D eigenvalue weighted by Crippen LogP contribution is 2.14. The van der Waals surface area contributed by atoms with E-state index in [2.05, 4.69) is 31.9 Å². The fourth-order valence-corrected chi connectivity index (χ4v) is 6.36. The monoisotopic (exact) mass is 1030 g/mol. The van der Waals surface area contributed by atoms with E-state index < -0.39 is 154 Å². The number of carbonyl (C=O) groups is 11. The van der Waals surface area contributed by atoms with Crippen molar-refractivity contribution in [1.82, 2.24) is 42.5 Å². The molecule has 0 aliphatic carbocycles. The summed E-state index contributed by atoms with van der Waals surface area (Å²) in [6.45, 7) is -4.99. The van der Waals surface area contributed by atoms with Gasteiger partial charge in [-0.3, -0.25) is 38.4 Å². The highest BCUT2D eigenvalue weighted by Gasteiger charge is 2.30. The van der Waals surface area contributed by atoms with Crippen LogP contribution in [0.2, 0.25) is 0 Å². The molecule has 0 bridgehead atoms. The van der Waals surface area contributed by atoms with Gasteiger partial charge >= 0.3 is 17.9 Å². The van der Waals surface area contributed by atoms with E-state index in [0.717, 1.165) is 32.1 Å². The number of aliphatic carboxylic acids is 2. The molecule has 17 N–H and O–H groups in total. The molecule has 1 aromatic rings. The number of nitrogens with one attached hydrogen (secondary N) is 8. The maximum Gasteiger partial charge on any atom is 0.335 e.